The quantitative estimate of drug-likeness (QED) is 0.821. The van der Waals surface area contributed by atoms with Gasteiger partial charge in [0.05, 0.1) is 19.3 Å². The number of carbonyl (C=O) groups is 1. The highest BCUT2D eigenvalue weighted by Crippen LogP contribution is 2.28. The van der Waals surface area contributed by atoms with E-state index in [4.69, 9.17) is 4.74 Å². The molecule has 2 aliphatic rings. The lowest BCUT2D eigenvalue weighted by molar-refractivity contribution is -0.126. The van der Waals surface area contributed by atoms with Gasteiger partial charge in [-0.2, -0.15) is 0 Å². The number of likely N-dealkylation sites (N-methyl/N-ethyl adjacent to an activating group) is 1. The third-order valence-corrected chi connectivity index (χ3v) is 5.21. The third-order valence-electron chi connectivity index (χ3n) is 5.21. The van der Waals surface area contributed by atoms with Crippen LogP contribution in [0.1, 0.15) is 25.5 Å². The second-order valence-electron chi connectivity index (χ2n) is 6.94. The summed E-state index contributed by atoms with van der Waals surface area (Å²) >= 11 is 0. The molecule has 2 atom stereocenters. The first-order valence-corrected chi connectivity index (χ1v) is 9.46. The number of nitrogens with zero attached hydrogens (tertiary/aromatic N) is 2. The molecule has 2 N–H and O–H groups in total. The third kappa shape index (κ3) is 4.52. The van der Waals surface area contributed by atoms with Crippen molar-refractivity contribution >= 4 is 11.6 Å². The number of carbonyl (C=O) groups excluding carboxylic acids is 1. The van der Waals surface area contributed by atoms with E-state index in [1.165, 1.54) is 12.1 Å². The van der Waals surface area contributed by atoms with E-state index in [-0.39, 0.29) is 23.8 Å². The average molecular weight is 364 g/mol. The summed E-state index contributed by atoms with van der Waals surface area (Å²) in [5.74, 6) is -0.389. The van der Waals surface area contributed by atoms with Crippen LogP contribution >= 0.6 is 0 Å². The van der Waals surface area contributed by atoms with Gasteiger partial charge in [-0.15, -0.1) is 0 Å². The van der Waals surface area contributed by atoms with Crippen LogP contribution in [-0.4, -0.2) is 69.3 Å². The Bertz CT molecular complexity index is 614. The van der Waals surface area contributed by atoms with Crippen molar-refractivity contribution in [1.29, 1.82) is 0 Å². The number of ether oxygens (including phenoxy) is 1. The van der Waals surface area contributed by atoms with Crippen molar-refractivity contribution in [3.05, 3.63) is 29.6 Å². The Balaban J connectivity index is 1.71. The van der Waals surface area contributed by atoms with E-state index in [1.54, 1.807) is 0 Å². The Morgan fingerprint density at radius 1 is 1.38 bits per heavy atom. The van der Waals surface area contributed by atoms with Crippen molar-refractivity contribution in [3.8, 4) is 0 Å². The fourth-order valence-corrected chi connectivity index (χ4v) is 3.59. The van der Waals surface area contributed by atoms with E-state index < -0.39 is 0 Å². The zero-order valence-electron chi connectivity index (χ0n) is 15.6. The van der Waals surface area contributed by atoms with Gasteiger partial charge >= 0.3 is 0 Å². The van der Waals surface area contributed by atoms with Gasteiger partial charge in [0.2, 0.25) is 5.91 Å². The predicted molar refractivity (Wildman–Crippen MR) is 99.9 cm³/mol. The van der Waals surface area contributed by atoms with Crippen molar-refractivity contribution in [2.45, 2.75) is 25.9 Å². The summed E-state index contributed by atoms with van der Waals surface area (Å²) in [7, 11) is 0. The molecule has 2 fully saturated rings. The highest BCUT2D eigenvalue weighted by molar-refractivity contribution is 5.82. The Morgan fingerprint density at radius 2 is 2.15 bits per heavy atom. The maximum Gasteiger partial charge on any atom is 0.240 e. The summed E-state index contributed by atoms with van der Waals surface area (Å²) in [6, 6.07) is 4.24. The molecule has 2 saturated heterocycles. The molecule has 0 spiro atoms. The number of benzene rings is 1. The van der Waals surface area contributed by atoms with Crippen LogP contribution < -0.4 is 15.5 Å². The van der Waals surface area contributed by atoms with Crippen molar-refractivity contribution in [1.82, 2.24) is 15.5 Å². The van der Waals surface area contributed by atoms with Crippen LogP contribution in [0.15, 0.2) is 18.2 Å². The minimum absolute atomic E-state index is 0.108. The van der Waals surface area contributed by atoms with Gasteiger partial charge in [0, 0.05) is 44.0 Å². The molecule has 144 valence electrons. The monoisotopic (exact) mass is 364 g/mol. The van der Waals surface area contributed by atoms with Crippen molar-refractivity contribution < 1.29 is 13.9 Å². The van der Waals surface area contributed by atoms with Crippen LogP contribution in [0.25, 0.3) is 0 Å². The normalized spacial score (nSPS) is 22.9. The summed E-state index contributed by atoms with van der Waals surface area (Å²) in [5, 5.41) is 6.16. The Labute approximate surface area is 154 Å². The molecule has 6 nitrogen and oxygen atoms in total. The number of halogens is 1. The lowest BCUT2D eigenvalue weighted by Gasteiger charge is -2.37. The minimum atomic E-state index is -0.351. The Hall–Kier alpha value is -1.70. The molecule has 1 aromatic carbocycles. The molecule has 0 aromatic heterocycles. The van der Waals surface area contributed by atoms with E-state index >= 15 is 0 Å². The first kappa shape index (κ1) is 19.1. The summed E-state index contributed by atoms with van der Waals surface area (Å²) in [5.41, 5.74) is 1.82. The van der Waals surface area contributed by atoms with Gasteiger partial charge in [-0.05, 0) is 31.7 Å². The molecule has 26 heavy (non-hydrogen) atoms. The number of piperazine rings is 1. The second-order valence-corrected chi connectivity index (χ2v) is 6.94. The first-order chi connectivity index (χ1) is 12.6. The first-order valence-electron chi connectivity index (χ1n) is 9.46. The minimum Gasteiger partial charge on any atom is -0.378 e. The van der Waals surface area contributed by atoms with Crippen molar-refractivity contribution in [3.63, 3.8) is 0 Å². The number of rotatable bonds is 5. The number of hydrogen-bond acceptors (Lipinski definition) is 5. The summed E-state index contributed by atoms with van der Waals surface area (Å²) in [6.45, 7) is 10.6. The highest BCUT2D eigenvalue weighted by atomic mass is 19.1. The van der Waals surface area contributed by atoms with Gasteiger partial charge in [0.25, 0.3) is 0 Å². The van der Waals surface area contributed by atoms with Gasteiger partial charge in [-0.25, -0.2) is 4.39 Å². The zero-order valence-corrected chi connectivity index (χ0v) is 15.6. The van der Waals surface area contributed by atoms with E-state index in [2.05, 4.69) is 27.4 Å². The molecule has 0 saturated carbocycles. The molecular weight excluding hydrogens is 335 g/mol. The number of anilines is 1. The van der Waals surface area contributed by atoms with Crippen LogP contribution in [0, 0.1) is 5.82 Å². The van der Waals surface area contributed by atoms with Crippen LogP contribution in [0.4, 0.5) is 10.1 Å². The maximum atomic E-state index is 13.9. The summed E-state index contributed by atoms with van der Waals surface area (Å²) < 4.78 is 19.3. The lowest BCUT2D eigenvalue weighted by atomic mass is 10.0. The largest absolute Gasteiger partial charge is 0.378 e. The van der Waals surface area contributed by atoms with Crippen LogP contribution in [0.2, 0.25) is 0 Å². The zero-order chi connectivity index (χ0) is 18.5. The molecule has 2 unspecified atom stereocenters. The molecule has 0 aliphatic carbocycles. The molecular formula is C19H29FN4O2. The standard InChI is InChI=1S/C19H29FN4O2/c1-3-23-7-9-24(10-8-23)18-5-4-15(20)12-16(18)14(2)22-19(25)17-13-26-11-6-21-17/h4-5,12,14,17,21H,3,6-11,13H2,1-2H3,(H,22,25). The van der Waals surface area contributed by atoms with Crippen molar-refractivity contribution in [2.75, 3.05) is 57.4 Å². The lowest BCUT2D eigenvalue weighted by Crippen LogP contribution is -2.51. The maximum absolute atomic E-state index is 13.9. The fraction of sp³-hybridized carbons (Fsp3) is 0.632. The van der Waals surface area contributed by atoms with E-state index in [0.29, 0.717) is 19.8 Å². The smallest absolute Gasteiger partial charge is 0.240 e. The summed E-state index contributed by atoms with van der Waals surface area (Å²) in [4.78, 5) is 17.2. The van der Waals surface area contributed by atoms with Crippen molar-refractivity contribution in [2.24, 2.45) is 0 Å². The highest BCUT2D eigenvalue weighted by Gasteiger charge is 2.25. The number of morpholine rings is 1. The molecule has 3 rings (SSSR count). The van der Waals surface area contributed by atoms with Gasteiger partial charge in [0.1, 0.15) is 11.9 Å². The SMILES string of the molecule is CCN1CCN(c2ccc(F)cc2C(C)NC(=O)C2COCCN2)CC1. The summed E-state index contributed by atoms with van der Waals surface area (Å²) in [6.07, 6.45) is 0. The van der Waals surface area contributed by atoms with E-state index in [0.717, 1.165) is 44.0 Å². The molecule has 1 aromatic rings. The molecule has 7 heteroatoms. The Kier molecular flexibility index (Phi) is 6.45. The van der Waals surface area contributed by atoms with Crippen LogP contribution in [0.3, 0.4) is 0 Å². The average Bonchev–Trinajstić information content (AvgIpc) is 2.68. The van der Waals surface area contributed by atoms with Crippen LogP contribution in [0.5, 0.6) is 0 Å². The molecule has 1 amide bonds. The molecule has 0 bridgehead atoms. The van der Waals surface area contributed by atoms with E-state index in [1.807, 2.05) is 13.0 Å². The van der Waals surface area contributed by atoms with Gasteiger partial charge in [0.15, 0.2) is 0 Å². The van der Waals surface area contributed by atoms with Gasteiger partial charge < -0.3 is 25.2 Å². The van der Waals surface area contributed by atoms with Crippen LogP contribution in [-0.2, 0) is 9.53 Å². The number of nitrogens with one attached hydrogen (secondary N) is 2. The number of amides is 1. The topological polar surface area (TPSA) is 56.8 Å². The Morgan fingerprint density at radius 3 is 2.81 bits per heavy atom. The second kappa shape index (κ2) is 8.79. The van der Waals surface area contributed by atoms with E-state index in [9.17, 15) is 9.18 Å². The van der Waals surface area contributed by atoms with Gasteiger partial charge in [-0.1, -0.05) is 6.92 Å². The van der Waals surface area contributed by atoms with Gasteiger partial charge in [-0.3, -0.25) is 4.79 Å². The molecule has 2 heterocycles. The molecule has 0 radical (unpaired) electrons. The predicted octanol–water partition coefficient (Wildman–Crippen LogP) is 1.13. The number of hydrogen-bond donors (Lipinski definition) is 2. The fourth-order valence-electron chi connectivity index (χ4n) is 3.59. The molecule has 2 aliphatic heterocycles.